The fourth-order valence-corrected chi connectivity index (χ4v) is 4.12. The van der Waals surface area contributed by atoms with Gasteiger partial charge in [0.15, 0.2) is 0 Å². The SMILES string of the molecule is CCC(CC)N(C)C1(CN)CN2CCC1CC2. The van der Waals surface area contributed by atoms with Crippen molar-refractivity contribution in [2.24, 2.45) is 11.7 Å². The summed E-state index contributed by atoms with van der Waals surface area (Å²) < 4.78 is 0. The van der Waals surface area contributed by atoms with E-state index in [9.17, 15) is 0 Å². The Balaban J connectivity index is 2.18. The van der Waals surface area contributed by atoms with E-state index >= 15 is 0 Å². The fraction of sp³-hybridized carbons (Fsp3) is 1.00. The van der Waals surface area contributed by atoms with Crippen LogP contribution in [-0.4, -0.2) is 54.6 Å². The average Bonchev–Trinajstić information content (AvgIpc) is 2.41. The number of hydrogen-bond acceptors (Lipinski definition) is 3. The van der Waals surface area contributed by atoms with Crippen LogP contribution in [-0.2, 0) is 0 Å². The zero-order valence-electron chi connectivity index (χ0n) is 11.8. The van der Waals surface area contributed by atoms with Gasteiger partial charge in [-0.05, 0) is 51.7 Å². The van der Waals surface area contributed by atoms with Crippen LogP contribution in [0.2, 0.25) is 0 Å². The highest BCUT2D eigenvalue weighted by Gasteiger charge is 2.49. The number of hydrogen-bond donors (Lipinski definition) is 1. The highest BCUT2D eigenvalue weighted by Crippen LogP contribution is 2.40. The molecule has 0 radical (unpaired) electrons. The molecule has 0 aromatic heterocycles. The van der Waals surface area contributed by atoms with Gasteiger partial charge in [0.05, 0.1) is 0 Å². The molecule has 100 valence electrons. The van der Waals surface area contributed by atoms with Crippen LogP contribution in [0.5, 0.6) is 0 Å². The zero-order valence-corrected chi connectivity index (χ0v) is 11.8. The number of nitrogens with zero attached hydrogens (tertiary/aromatic N) is 2. The van der Waals surface area contributed by atoms with E-state index in [4.69, 9.17) is 5.73 Å². The summed E-state index contributed by atoms with van der Waals surface area (Å²) in [7, 11) is 2.31. The molecular formula is C14H29N3. The maximum absolute atomic E-state index is 6.20. The highest BCUT2D eigenvalue weighted by atomic mass is 15.3. The molecular weight excluding hydrogens is 210 g/mol. The minimum atomic E-state index is 0.257. The lowest BCUT2D eigenvalue weighted by molar-refractivity contribution is -0.0741. The molecule has 0 aromatic rings. The highest BCUT2D eigenvalue weighted by molar-refractivity contribution is 5.06. The van der Waals surface area contributed by atoms with Crippen molar-refractivity contribution in [3.8, 4) is 0 Å². The van der Waals surface area contributed by atoms with Gasteiger partial charge in [-0.2, -0.15) is 0 Å². The molecule has 3 fully saturated rings. The predicted molar refractivity (Wildman–Crippen MR) is 73.1 cm³/mol. The van der Waals surface area contributed by atoms with Gasteiger partial charge >= 0.3 is 0 Å². The van der Waals surface area contributed by atoms with Gasteiger partial charge in [-0.15, -0.1) is 0 Å². The summed E-state index contributed by atoms with van der Waals surface area (Å²) >= 11 is 0. The maximum Gasteiger partial charge on any atom is 0.0487 e. The van der Waals surface area contributed by atoms with Crippen LogP contribution in [0.4, 0.5) is 0 Å². The van der Waals surface area contributed by atoms with Gasteiger partial charge in [-0.1, -0.05) is 13.8 Å². The third kappa shape index (κ3) is 2.13. The van der Waals surface area contributed by atoms with Crippen molar-refractivity contribution in [3.63, 3.8) is 0 Å². The van der Waals surface area contributed by atoms with Crippen LogP contribution in [0.3, 0.4) is 0 Å². The minimum absolute atomic E-state index is 0.257. The molecule has 1 atom stereocenters. The zero-order chi connectivity index (χ0) is 12.5. The first kappa shape index (κ1) is 13.3. The Morgan fingerprint density at radius 2 is 1.88 bits per heavy atom. The molecule has 3 rings (SSSR count). The number of fused-ring (bicyclic) bond motifs is 3. The van der Waals surface area contributed by atoms with Crippen LogP contribution in [0, 0.1) is 5.92 Å². The van der Waals surface area contributed by atoms with Crippen LogP contribution >= 0.6 is 0 Å². The molecule has 3 saturated heterocycles. The molecule has 1 unspecified atom stereocenters. The van der Waals surface area contributed by atoms with Gasteiger partial charge in [-0.3, -0.25) is 4.90 Å². The van der Waals surface area contributed by atoms with Gasteiger partial charge in [0, 0.05) is 24.7 Å². The molecule has 3 aliphatic heterocycles. The smallest absolute Gasteiger partial charge is 0.0487 e. The fourth-order valence-electron chi connectivity index (χ4n) is 4.12. The van der Waals surface area contributed by atoms with Crippen molar-refractivity contribution in [1.82, 2.24) is 9.80 Å². The molecule has 3 heteroatoms. The molecule has 0 amide bonds. The molecule has 17 heavy (non-hydrogen) atoms. The molecule has 0 spiro atoms. The van der Waals surface area contributed by atoms with Crippen molar-refractivity contribution < 1.29 is 0 Å². The lowest BCUT2D eigenvalue weighted by Gasteiger charge is -2.58. The summed E-state index contributed by atoms with van der Waals surface area (Å²) in [5, 5.41) is 0. The Morgan fingerprint density at radius 1 is 1.29 bits per heavy atom. The summed E-state index contributed by atoms with van der Waals surface area (Å²) in [5.74, 6) is 0.822. The van der Waals surface area contributed by atoms with E-state index in [-0.39, 0.29) is 5.54 Å². The quantitative estimate of drug-likeness (QED) is 0.790. The average molecular weight is 239 g/mol. The summed E-state index contributed by atoms with van der Waals surface area (Å²) in [6.45, 7) is 9.21. The lowest BCUT2D eigenvalue weighted by Crippen LogP contribution is -2.70. The van der Waals surface area contributed by atoms with Gasteiger partial charge in [0.25, 0.3) is 0 Å². The first-order chi connectivity index (χ1) is 8.17. The van der Waals surface area contributed by atoms with Gasteiger partial charge in [0.1, 0.15) is 0 Å². The Kier molecular flexibility index (Phi) is 4.11. The van der Waals surface area contributed by atoms with Crippen molar-refractivity contribution >= 4 is 0 Å². The largest absolute Gasteiger partial charge is 0.329 e. The van der Waals surface area contributed by atoms with Crippen LogP contribution in [0.25, 0.3) is 0 Å². The number of likely N-dealkylation sites (N-methyl/N-ethyl adjacent to an activating group) is 1. The summed E-state index contributed by atoms with van der Waals surface area (Å²) in [6, 6.07) is 0.694. The topological polar surface area (TPSA) is 32.5 Å². The van der Waals surface area contributed by atoms with Crippen LogP contribution in [0.15, 0.2) is 0 Å². The normalized spacial score (nSPS) is 37.1. The van der Waals surface area contributed by atoms with E-state index in [2.05, 4.69) is 30.7 Å². The number of rotatable bonds is 5. The Bertz CT molecular complexity index is 244. The Labute approximate surface area is 106 Å². The van der Waals surface area contributed by atoms with E-state index in [1.807, 2.05) is 0 Å². The van der Waals surface area contributed by atoms with Crippen molar-refractivity contribution in [2.75, 3.05) is 33.2 Å². The first-order valence-corrected chi connectivity index (χ1v) is 7.33. The maximum atomic E-state index is 6.20. The predicted octanol–water partition coefficient (Wildman–Crippen LogP) is 1.53. The molecule has 0 saturated carbocycles. The Morgan fingerprint density at radius 3 is 2.24 bits per heavy atom. The first-order valence-electron chi connectivity index (χ1n) is 7.33. The van der Waals surface area contributed by atoms with E-state index in [0.29, 0.717) is 6.04 Å². The van der Waals surface area contributed by atoms with E-state index in [0.717, 1.165) is 12.5 Å². The molecule has 3 nitrogen and oxygen atoms in total. The van der Waals surface area contributed by atoms with Crippen LogP contribution in [0.1, 0.15) is 39.5 Å². The molecule has 0 aromatic carbocycles. The lowest BCUT2D eigenvalue weighted by atomic mass is 9.71. The molecule has 3 heterocycles. The third-order valence-corrected chi connectivity index (χ3v) is 5.39. The molecule has 2 N–H and O–H groups in total. The second-order valence-electron chi connectivity index (χ2n) is 5.94. The molecule has 0 aliphatic carbocycles. The number of nitrogens with two attached hydrogens (primary N) is 1. The van der Waals surface area contributed by atoms with E-state index in [1.165, 1.54) is 45.3 Å². The molecule has 3 aliphatic rings. The van der Waals surface area contributed by atoms with E-state index in [1.54, 1.807) is 0 Å². The minimum Gasteiger partial charge on any atom is -0.329 e. The third-order valence-electron chi connectivity index (χ3n) is 5.39. The van der Waals surface area contributed by atoms with Crippen molar-refractivity contribution in [1.29, 1.82) is 0 Å². The second kappa shape index (κ2) is 5.25. The van der Waals surface area contributed by atoms with Crippen molar-refractivity contribution in [2.45, 2.75) is 51.1 Å². The molecule has 2 bridgehead atoms. The standard InChI is InChI=1S/C14H29N3/c1-4-13(5-2)16(3)14(10-15)11-17-8-6-12(14)7-9-17/h12-13H,4-11,15H2,1-3H3. The summed E-state index contributed by atoms with van der Waals surface area (Å²) in [6.07, 6.45) is 5.17. The Hall–Kier alpha value is -0.120. The van der Waals surface area contributed by atoms with Gasteiger partial charge in [0.2, 0.25) is 0 Å². The van der Waals surface area contributed by atoms with Gasteiger partial charge in [-0.25, -0.2) is 0 Å². The monoisotopic (exact) mass is 239 g/mol. The second-order valence-corrected chi connectivity index (χ2v) is 5.94. The van der Waals surface area contributed by atoms with Crippen LogP contribution < -0.4 is 5.73 Å². The van der Waals surface area contributed by atoms with Gasteiger partial charge < -0.3 is 10.6 Å². The summed E-state index contributed by atoms with van der Waals surface area (Å²) in [4.78, 5) is 5.24. The number of piperidine rings is 3. The van der Waals surface area contributed by atoms with E-state index < -0.39 is 0 Å². The summed E-state index contributed by atoms with van der Waals surface area (Å²) in [5.41, 5.74) is 6.46. The van der Waals surface area contributed by atoms with Crippen molar-refractivity contribution in [3.05, 3.63) is 0 Å².